The van der Waals surface area contributed by atoms with Gasteiger partial charge < -0.3 is 4.90 Å². The minimum Gasteiger partial charge on any atom is -0.341 e. The van der Waals surface area contributed by atoms with Crippen LogP contribution >= 0.6 is 0 Å². The van der Waals surface area contributed by atoms with Gasteiger partial charge in [0.05, 0.1) is 23.6 Å². The predicted octanol–water partition coefficient (Wildman–Crippen LogP) is 2.28. The van der Waals surface area contributed by atoms with E-state index in [1.807, 2.05) is 39.9 Å². The summed E-state index contributed by atoms with van der Waals surface area (Å²) in [4.78, 5) is 26.1. The summed E-state index contributed by atoms with van der Waals surface area (Å²) in [6.07, 6.45) is 5.23. The lowest BCUT2D eigenvalue weighted by Crippen LogP contribution is -2.40. The molecule has 1 unspecified atom stereocenters. The molecular formula is C20H21N5O2. The van der Waals surface area contributed by atoms with Crippen molar-refractivity contribution in [2.24, 2.45) is 0 Å². The summed E-state index contributed by atoms with van der Waals surface area (Å²) >= 11 is 0. The van der Waals surface area contributed by atoms with Crippen LogP contribution in [0.2, 0.25) is 0 Å². The van der Waals surface area contributed by atoms with Crippen LogP contribution in [0.1, 0.15) is 25.8 Å². The van der Waals surface area contributed by atoms with Crippen molar-refractivity contribution in [3.8, 4) is 17.1 Å². The first-order valence-corrected chi connectivity index (χ1v) is 9.08. The van der Waals surface area contributed by atoms with Gasteiger partial charge in [0.1, 0.15) is 0 Å². The molecule has 0 saturated carbocycles. The largest absolute Gasteiger partial charge is 0.341 e. The van der Waals surface area contributed by atoms with Gasteiger partial charge in [-0.15, -0.1) is 0 Å². The Kier molecular flexibility index (Phi) is 4.58. The Bertz CT molecular complexity index is 1010. The van der Waals surface area contributed by atoms with Gasteiger partial charge in [0, 0.05) is 32.3 Å². The van der Waals surface area contributed by atoms with E-state index in [-0.39, 0.29) is 17.4 Å². The number of carbonyl (C=O) groups is 1. The van der Waals surface area contributed by atoms with Gasteiger partial charge in [-0.3, -0.25) is 14.3 Å². The van der Waals surface area contributed by atoms with Crippen LogP contribution in [0.15, 0.2) is 59.7 Å². The zero-order chi connectivity index (χ0) is 18.8. The molecule has 0 bridgehead atoms. The third-order valence-corrected chi connectivity index (χ3v) is 4.93. The highest BCUT2D eigenvalue weighted by molar-refractivity contribution is 5.73. The summed E-state index contributed by atoms with van der Waals surface area (Å²) in [6.45, 7) is 2.98. The molecule has 1 fully saturated rings. The minimum atomic E-state index is -0.150. The second kappa shape index (κ2) is 7.19. The minimum absolute atomic E-state index is 0.0649. The van der Waals surface area contributed by atoms with Gasteiger partial charge in [0.15, 0.2) is 5.69 Å². The van der Waals surface area contributed by atoms with E-state index in [9.17, 15) is 9.59 Å². The van der Waals surface area contributed by atoms with E-state index >= 15 is 0 Å². The standard InChI is InChI=1S/C20H21N5O2/c1-15(26)23-12-5-8-17(14-23)24-13-10-19(27)20(22-24)18-9-11-21-25(18)16-6-3-2-4-7-16/h2-4,6-7,9-11,13,17H,5,8,12,14H2,1H3. The Morgan fingerprint density at radius 2 is 1.96 bits per heavy atom. The molecule has 3 heterocycles. The number of benzene rings is 1. The fourth-order valence-electron chi connectivity index (χ4n) is 3.52. The summed E-state index contributed by atoms with van der Waals surface area (Å²) in [6, 6.07) is 13.1. The lowest BCUT2D eigenvalue weighted by molar-refractivity contribution is -0.130. The molecule has 27 heavy (non-hydrogen) atoms. The Morgan fingerprint density at radius 1 is 1.15 bits per heavy atom. The van der Waals surface area contributed by atoms with Gasteiger partial charge in [-0.1, -0.05) is 18.2 Å². The molecule has 1 aliphatic heterocycles. The van der Waals surface area contributed by atoms with Gasteiger partial charge in [-0.05, 0) is 31.0 Å². The molecule has 3 aromatic rings. The lowest BCUT2D eigenvalue weighted by atomic mass is 10.1. The number of aromatic nitrogens is 4. The average Bonchev–Trinajstić information content (AvgIpc) is 3.19. The quantitative estimate of drug-likeness (QED) is 0.716. The number of nitrogens with zero attached hydrogens (tertiary/aromatic N) is 5. The van der Waals surface area contributed by atoms with E-state index in [0.29, 0.717) is 17.9 Å². The number of hydrogen-bond acceptors (Lipinski definition) is 4. The van der Waals surface area contributed by atoms with Crippen molar-refractivity contribution >= 4 is 5.91 Å². The third-order valence-electron chi connectivity index (χ3n) is 4.93. The van der Waals surface area contributed by atoms with E-state index in [0.717, 1.165) is 25.1 Å². The van der Waals surface area contributed by atoms with Crippen molar-refractivity contribution in [3.63, 3.8) is 0 Å². The Hall–Kier alpha value is -3.22. The van der Waals surface area contributed by atoms with Gasteiger partial charge >= 0.3 is 0 Å². The maximum atomic E-state index is 12.5. The Balaban J connectivity index is 1.72. The molecule has 1 aliphatic rings. The summed E-state index contributed by atoms with van der Waals surface area (Å²) in [7, 11) is 0. The monoisotopic (exact) mass is 363 g/mol. The highest BCUT2D eigenvalue weighted by atomic mass is 16.2. The molecule has 2 aromatic heterocycles. The molecule has 7 heteroatoms. The molecule has 0 aliphatic carbocycles. The Morgan fingerprint density at radius 3 is 2.74 bits per heavy atom. The molecule has 0 spiro atoms. The van der Waals surface area contributed by atoms with Crippen LogP contribution in [0.4, 0.5) is 0 Å². The van der Waals surface area contributed by atoms with Crippen LogP contribution in [0, 0.1) is 0 Å². The number of hydrogen-bond donors (Lipinski definition) is 0. The first-order valence-electron chi connectivity index (χ1n) is 9.08. The third kappa shape index (κ3) is 3.40. The molecule has 1 amide bonds. The van der Waals surface area contributed by atoms with Crippen molar-refractivity contribution in [1.82, 2.24) is 24.5 Å². The molecular weight excluding hydrogens is 342 g/mol. The number of likely N-dealkylation sites (tertiary alicyclic amines) is 1. The van der Waals surface area contributed by atoms with Crippen LogP contribution in [-0.4, -0.2) is 43.5 Å². The predicted molar refractivity (Wildman–Crippen MR) is 102 cm³/mol. The number of amides is 1. The smallest absolute Gasteiger partial charge is 0.219 e. The van der Waals surface area contributed by atoms with Gasteiger partial charge in [-0.2, -0.15) is 10.2 Å². The Labute approximate surface area is 156 Å². The summed E-state index contributed by atoms with van der Waals surface area (Å²) < 4.78 is 3.53. The maximum Gasteiger partial charge on any atom is 0.219 e. The number of rotatable bonds is 3. The highest BCUT2D eigenvalue weighted by Gasteiger charge is 2.24. The van der Waals surface area contributed by atoms with Crippen LogP contribution in [0.3, 0.4) is 0 Å². The molecule has 138 valence electrons. The molecule has 0 N–H and O–H groups in total. The average molecular weight is 363 g/mol. The second-order valence-corrected chi connectivity index (χ2v) is 6.73. The van der Waals surface area contributed by atoms with Crippen LogP contribution in [0.25, 0.3) is 17.1 Å². The van der Waals surface area contributed by atoms with E-state index < -0.39 is 0 Å². The number of piperidine rings is 1. The first kappa shape index (κ1) is 17.2. The van der Waals surface area contributed by atoms with E-state index in [1.165, 1.54) is 6.07 Å². The van der Waals surface area contributed by atoms with E-state index in [4.69, 9.17) is 0 Å². The van der Waals surface area contributed by atoms with Gasteiger partial charge in [0.2, 0.25) is 11.3 Å². The number of para-hydroxylation sites is 1. The molecule has 1 atom stereocenters. The summed E-state index contributed by atoms with van der Waals surface area (Å²) in [5.41, 5.74) is 1.73. The van der Waals surface area contributed by atoms with Gasteiger partial charge in [0.25, 0.3) is 0 Å². The molecule has 0 radical (unpaired) electrons. The zero-order valence-electron chi connectivity index (χ0n) is 15.2. The van der Waals surface area contributed by atoms with Crippen molar-refractivity contribution in [1.29, 1.82) is 0 Å². The zero-order valence-corrected chi connectivity index (χ0v) is 15.2. The van der Waals surface area contributed by atoms with Crippen molar-refractivity contribution < 1.29 is 4.79 Å². The fraction of sp³-hybridized carbons (Fsp3) is 0.300. The topological polar surface area (TPSA) is 73.0 Å². The van der Waals surface area contributed by atoms with Crippen molar-refractivity contribution in [3.05, 3.63) is 65.1 Å². The molecule has 1 saturated heterocycles. The molecule has 7 nitrogen and oxygen atoms in total. The fourth-order valence-corrected chi connectivity index (χ4v) is 3.52. The molecule has 1 aromatic carbocycles. The first-order chi connectivity index (χ1) is 13.1. The lowest BCUT2D eigenvalue weighted by Gasteiger charge is -2.32. The molecule has 4 rings (SSSR count). The van der Waals surface area contributed by atoms with E-state index in [1.54, 1.807) is 30.1 Å². The van der Waals surface area contributed by atoms with Crippen LogP contribution < -0.4 is 5.43 Å². The normalized spacial score (nSPS) is 17.1. The van der Waals surface area contributed by atoms with Crippen molar-refractivity contribution in [2.45, 2.75) is 25.8 Å². The number of carbonyl (C=O) groups excluding carboxylic acids is 1. The summed E-state index contributed by atoms with van der Waals surface area (Å²) in [5.74, 6) is 0.0723. The second-order valence-electron chi connectivity index (χ2n) is 6.73. The van der Waals surface area contributed by atoms with Crippen LogP contribution in [0.5, 0.6) is 0 Å². The highest BCUT2D eigenvalue weighted by Crippen LogP contribution is 2.22. The van der Waals surface area contributed by atoms with Gasteiger partial charge in [-0.25, -0.2) is 4.68 Å². The van der Waals surface area contributed by atoms with Crippen molar-refractivity contribution in [2.75, 3.05) is 13.1 Å². The van der Waals surface area contributed by atoms with Crippen LogP contribution in [-0.2, 0) is 4.79 Å². The maximum absolute atomic E-state index is 12.5. The van der Waals surface area contributed by atoms with E-state index in [2.05, 4.69) is 10.2 Å². The summed E-state index contributed by atoms with van der Waals surface area (Å²) in [5, 5.41) is 8.98. The SMILES string of the molecule is CC(=O)N1CCCC(n2ccc(=O)c(-c3ccnn3-c3ccccc3)n2)C1.